The topological polar surface area (TPSA) is 15.3 Å². The highest BCUT2D eigenvalue weighted by Gasteiger charge is 2.17. The molecule has 0 aliphatic carbocycles. The fraction of sp³-hybridized carbons (Fsp3) is 0.500. The summed E-state index contributed by atoms with van der Waals surface area (Å²) in [5, 5.41) is 4.65. The summed E-state index contributed by atoms with van der Waals surface area (Å²) in [7, 11) is 0. The average Bonchev–Trinajstić information content (AvgIpc) is 2.27. The van der Waals surface area contributed by atoms with Crippen LogP contribution in [0.5, 0.6) is 0 Å². The van der Waals surface area contributed by atoms with E-state index < -0.39 is 0 Å². The molecule has 5 heteroatoms. The Morgan fingerprint density at radius 2 is 2.12 bits per heavy atom. The van der Waals surface area contributed by atoms with Crippen molar-refractivity contribution in [3.05, 3.63) is 33.8 Å². The molecule has 1 heterocycles. The van der Waals surface area contributed by atoms with Crippen molar-refractivity contribution in [2.45, 2.75) is 19.5 Å². The van der Waals surface area contributed by atoms with Crippen molar-refractivity contribution in [2.24, 2.45) is 0 Å². The Labute approximate surface area is 119 Å². The second-order valence-corrected chi connectivity index (χ2v) is 5.09. The van der Waals surface area contributed by atoms with Gasteiger partial charge in [-0.2, -0.15) is 0 Å². The van der Waals surface area contributed by atoms with Crippen molar-refractivity contribution in [2.75, 3.05) is 19.6 Å². The third-order valence-corrected chi connectivity index (χ3v) is 3.75. The van der Waals surface area contributed by atoms with Crippen molar-refractivity contribution < 1.29 is 0 Å². The van der Waals surface area contributed by atoms with Crippen molar-refractivity contribution in [1.82, 2.24) is 10.2 Å². The summed E-state index contributed by atoms with van der Waals surface area (Å²) in [5.41, 5.74) is 1.23. The fourth-order valence-corrected chi connectivity index (χ4v) is 2.31. The molecule has 0 amide bonds. The van der Waals surface area contributed by atoms with Crippen LogP contribution in [0.4, 0.5) is 0 Å². The van der Waals surface area contributed by atoms with Gasteiger partial charge in [-0.05, 0) is 24.6 Å². The van der Waals surface area contributed by atoms with Gasteiger partial charge in [0.2, 0.25) is 0 Å². The Kier molecular flexibility index (Phi) is 6.04. The summed E-state index contributed by atoms with van der Waals surface area (Å²) in [4.78, 5) is 2.45. The second-order valence-electron chi connectivity index (χ2n) is 4.27. The molecule has 1 aliphatic heterocycles. The maximum Gasteiger partial charge on any atom is 0.0595 e. The number of hydrogen-bond donors (Lipinski definition) is 1. The Morgan fingerprint density at radius 1 is 1.35 bits per heavy atom. The van der Waals surface area contributed by atoms with E-state index in [0.29, 0.717) is 16.1 Å². The van der Waals surface area contributed by atoms with Gasteiger partial charge in [0.25, 0.3) is 0 Å². The Morgan fingerprint density at radius 3 is 2.76 bits per heavy atom. The van der Waals surface area contributed by atoms with E-state index in [9.17, 15) is 0 Å². The zero-order valence-electron chi connectivity index (χ0n) is 9.75. The minimum Gasteiger partial charge on any atom is -0.314 e. The second kappa shape index (κ2) is 6.81. The van der Waals surface area contributed by atoms with Crippen LogP contribution in [-0.2, 0) is 6.54 Å². The van der Waals surface area contributed by atoms with Gasteiger partial charge < -0.3 is 5.32 Å². The van der Waals surface area contributed by atoms with Gasteiger partial charge in [-0.1, -0.05) is 29.3 Å². The quantitative estimate of drug-likeness (QED) is 0.901. The maximum absolute atomic E-state index is 6.01. The zero-order valence-corrected chi connectivity index (χ0v) is 12.1. The summed E-state index contributed by atoms with van der Waals surface area (Å²) < 4.78 is 0. The third kappa shape index (κ3) is 4.01. The monoisotopic (exact) mass is 294 g/mol. The standard InChI is InChI=1S/C12H16Cl2N2.ClH/c1-9-7-15-4-5-16(9)8-10-2-3-11(13)12(14)6-10;/h2-3,6,9,15H,4-5,7-8H2,1H3;1H/t9-;/m0./s1. The lowest BCUT2D eigenvalue weighted by Crippen LogP contribution is -2.49. The third-order valence-electron chi connectivity index (χ3n) is 3.01. The van der Waals surface area contributed by atoms with Crippen LogP contribution in [0, 0.1) is 0 Å². The molecule has 0 unspecified atom stereocenters. The van der Waals surface area contributed by atoms with E-state index in [4.69, 9.17) is 23.2 Å². The number of nitrogens with zero attached hydrogens (tertiary/aromatic N) is 1. The largest absolute Gasteiger partial charge is 0.314 e. The number of nitrogens with one attached hydrogen (secondary N) is 1. The molecule has 1 saturated heterocycles. The van der Waals surface area contributed by atoms with Crippen LogP contribution in [0.1, 0.15) is 12.5 Å². The van der Waals surface area contributed by atoms with Gasteiger partial charge in [0.15, 0.2) is 0 Å². The Bertz CT molecular complexity index is 371. The zero-order chi connectivity index (χ0) is 11.5. The molecule has 2 rings (SSSR count). The first kappa shape index (κ1) is 15.1. The van der Waals surface area contributed by atoms with Crippen LogP contribution >= 0.6 is 35.6 Å². The summed E-state index contributed by atoms with van der Waals surface area (Å²) in [5.74, 6) is 0. The molecule has 1 aliphatic rings. The lowest BCUT2D eigenvalue weighted by molar-refractivity contribution is 0.165. The number of piperazine rings is 1. The van der Waals surface area contributed by atoms with Crippen molar-refractivity contribution in [3.63, 3.8) is 0 Å². The SMILES string of the molecule is C[C@H]1CNCCN1Cc1ccc(Cl)c(Cl)c1.Cl. The molecule has 0 aromatic heterocycles. The minimum atomic E-state index is 0. The van der Waals surface area contributed by atoms with Gasteiger partial charge in [-0.3, -0.25) is 4.90 Å². The lowest BCUT2D eigenvalue weighted by atomic mass is 10.1. The van der Waals surface area contributed by atoms with Crippen LogP contribution in [-0.4, -0.2) is 30.6 Å². The van der Waals surface area contributed by atoms with E-state index in [2.05, 4.69) is 17.1 Å². The van der Waals surface area contributed by atoms with E-state index in [1.807, 2.05) is 18.2 Å². The molecular weight excluding hydrogens is 279 g/mol. The van der Waals surface area contributed by atoms with Crippen LogP contribution in [0.3, 0.4) is 0 Å². The highest BCUT2D eigenvalue weighted by Crippen LogP contribution is 2.23. The first-order chi connectivity index (χ1) is 7.66. The molecule has 1 fully saturated rings. The van der Waals surface area contributed by atoms with Crippen LogP contribution in [0.25, 0.3) is 0 Å². The summed E-state index contributed by atoms with van der Waals surface area (Å²) in [6.07, 6.45) is 0. The van der Waals surface area contributed by atoms with Gasteiger partial charge in [0.1, 0.15) is 0 Å². The highest BCUT2D eigenvalue weighted by molar-refractivity contribution is 6.42. The van der Waals surface area contributed by atoms with Gasteiger partial charge in [0, 0.05) is 32.2 Å². The average molecular weight is 296 g/mol. The molecule has 1 aromatic carbocycles. The van der Waals surface area contributed by atoms with Crippen LogP contribution in [0.15, 0.2) is 18.2 Å². The number of halogens is 3. The van der Waals surface area contributed by atoms with Gasteiger partial charge in [-0.25, -0.2) is 0 Å². The summed E-state index contributed by atoms with van der Waals surface area (Å²) in [6, 6.07) is 6.44. The number of benzene rings is 1. The summed E-state index contributed by atoms with van der Waals surface area (Å²) in [6.45, 7) is 6.39. The Hall–Kier alpha value is 0.01000. The van der Waals surface area contributed by atoms with Crippen molar-refractivity contribution >= 4 is 35.6 Å². The Balaban J connectivity index is 0.00000144. The van der Waals surface area contributed by atoms with Crippen LogP contribution < -0.4 is 5.32 Å². The first-order valence-corrected chi connectivity index (χ1v) is 6.31. The van der Waals surface area contributed by atoms with E-state index in [0.717, 1.165) is 26.2 Å². The number of rotatable bonds is 2. The fourth-order valence-electron chi connectivity index (χ4n) is 1.99. The van der Waals surface area contributed by atoms with E-state index >= 15 is 0 Å². The lowest BCUT2D eigenvalue weighted by Gasteiger charge is -2.33. The van der Waals surface area contributed by atoms with Crippen molar-refractivity contribution in [1.29, 1.82) is 0 Å². The molecule has 0 spiro atoms. The maximum atomic E-state index is 6.01. The smallest absolute Gasteiger partial charge is 0.0595 e. The molecule has 0 radical (unpaired) electrons. The summed E-state index contributed by atoms with van der Waals surface area (Å²) >= 11 is 11.9. The molecule has 0 saturated carbocycles. The minimum absolute atomic E-state index is 0. The van der Waals surface area contributed by atoms with E-state index in [1.54, 1.807) is 0 Å². The van der Waals surface area contributed by atoms with Gasteiger partial charge in [0.05, 0.1) is 10.0 Å². The molecule has 96 valence electrons. The predicted octanol–water partition coefficient (Wildman–Crippen LogP) is 3.21. The molecule has 1 atom stereocenters. The normalized spacial score (nSPS) is 21.0. The van der Waals surface area contributed by atoms with E-state index in [1.165, 1.54) is 5.56 Å². The molecular formula is C12H17Cl3N2. The molecule has 0 bridgehead atoms. The number of hydrogen-bond acceptors (Lipinski definition) is 2. The molecule has 2 nitrogen and oxygen atoms in total. The molecule has 1 N–H and O–H groups in total. The van der Waals surface area contributed by atoms with Gasteiger partial charge in [-0.15, -0.1) is 12.4 Å². The molecule has 1 aromatic rings. The highest BCUT2D eigenvalue weighted by atomic mass is 35.5. The van der Waals surface area contributed by atoms with Gasteiger partial charge >= 0.3 is 0 Å². The van der Waals surface area contributed by atoms with Crippen LogP contribution in [0.2, 0.25) is 10.0 Å². The van der Waals surface area contributed by atoms with Crippen molar-refractivity contribution in [3.8, 4) is 0 Å². The first-order valence-electron chi connectivity index (χ1n) is 5.55. The van der Waals surface area contributed by atoms with E-state index in [-0.39, 0.29) is 12.4 Å². The molecule has 17 heavy (non-hydrogen) atoms. The predicted molar refractivity (Wildman–Crippen MR) is 76.5 cm³/mol.